The second-order valence-electron chi connectivity index (χ2n) is 4.99. The Morgan fingerprint density at radius 2 is 1.50 bits per heavy atom. The van der Waals surface area contributed by atoms with E-state index in [2.05, 4.69) is 4.85 Å². The van der Waals surface area contributed by atoms with Crippen LogP contribution in [-0.2, 0) is 17.6 Å². The minimum Gasteiger partial charge on any atom is -0.299 e. The number of nitrogens with zero attached hydrogens (tertiary/aromatic N) is 4. The number of hydrogen-bond donors (Lipinski definition) is 0. The standard InChI is InChI=1S/C19H10N4O/c1-23-19-7-3-5-14(18(19)12-22)9-16(24)8-13-4-2-6-15(10-20)17(13)11-21/h2-7H,8-9H2. The van der Waals surface area contributed by atoms with Crippen LogP contribution in [0.15, 0.2) is 36.4 Å². The molecule has 0 amide bonds. The van der Waals surface area contributed by atoms with Gasteiger partial charge in [-0.1, -0.05) is 30.3 Å². The van der Waals surface area contributed by atoms with Gasteiger partial charge in [-0.2, -0.15) is 15.8 Å². The Kier molecular flexibility index (Phi) is 5.05. The van der Waals surface area contributed by atoms with Crippen molar-refractivity contribution in [3.05, 3.63) is 75.6 Å². The number of ketones is 1. The third-order valence-electron chi connectivity index (χ3n) is 3.52. The summed E-state index contributed by atoms with van der Waals surface area (Å²) in [6.07, 6.45) is -0.0145. The summed E-state index contributed by atoms with van der Waals surface area (Å²) in [7, 11) is 0. The van der Waals surface area contributed by atoms with Crippen LogP contribution < -0.4 is 0 Å². The van der Waals surface area contributed by atoms with Gasteiger partial charge in [0, 0.05) is 12.8 Å². The van der Waals surface area contributed by atoms with Crippen LogP contribution in [0, 0.1) is 40.6 Å². The Labute approximate surface area is 139 Å². The maximum atomic E-state index is 12.3. The molecule has 112 valence electrons. The molecule has 0 aliphatic carbocycles. The highest BCUT2D eigenvalue weighted by molar-refractivity contribution is 5.85. The lowest BCUT2D eigenvalue weighted by molar-refractivity contribution is -0.117. The Balaban J connectivity index is 2.29. The lowest BCUT2D eigenvalue weighted by Crippen LogP contribution is -2.09. The molecule has 0 radical (unpaired) electrons. The van der Waals surface area contributed by atoms with Crippen LogP contribution in [0.1, 0.15) is 27.8 Å². The van der Waals surface area contributed by atoms with Gasteiger partial charge in [0.25, 0.3) is 0 Å². The number of nitriles is 3. The quantitative estimate of drug-likeness (QED) is 0.810. The molecule has 2 aromatic rings. The third-order valence-corrected chi connectivity index (χ3v) is 3.52. The van der Waals surface area contributed by atoms with Gasteiger partial charge in [0.05, 0.1) is 29.3 Å². The van der Waals surface area contributed by atoms with Crippen molar-refractivity contribution in [2.75, 3.05) is 0 Å². The normalized spacial score (nSPS) is 9.17. The van der Waals surface area contributed by atoms with E-state index in [1.54, 1.807) is 24.3 Å². The third kappa shape index (κ3) is 3.28. The van der Waals surface area contributed by atoms with Crippen molar-refractivity contribution < 1.29 is 4.79 Å². The van der Waals surface area contributed by atoms with Crippen LogP contribution in [0.2, 0.25) is 0 Å². The fourth-order valence-corrected chi connectivity index (χ4v) is 2.42. The van der Waals surface area contributed by atoms with Crippen molar-refractivity contribution in [2.24, 2.45) is 0 Å². The molecular weight excluding hydrogens is 300 g/mol. The van der Waals surface area contributed by atoms with Gasteiger partial charge in [-0.3, -0.25) is 4.79 Å². The predicted molar refractivity (Wildman–Crippen MR) is 85.7 cm³/mol. The molecule has 5 nitrogen and oxygen atoms in total. The number of Topliss-reactive ketones (excluding diaryl/α,β-unsaturated/α-hetero) is 1. The van der Waals surface area contributed by atoms with E-state index in [0.29, 0.717) is 11.1 Å². The molecule has 24 heavy (non-hydrogen) atoms. The minimum absolute atomic E-state index is 0.00605. The van der Waals surface area contributed by atoms with Gasteiger partial charge in [-0.25, -0.2) is 4.85 Å². The molecule has 0 saturated carbocycles. The molecule has 0 aromatic heterocycles. The van der Waals surface area contributed by atoms with E-state index >= 15 is 0 Å². The molecule has 5 heteroatoms. The molecule has 0 unspecified atom stereocenters. The Bertz CT molecular complexity index is 899. The van der Waals surface area contributed by atoms with E-state index in [1.807, 2.05) is 18.2 Å². The predicted octanol–water partition coefficient (Wildman–Crippen LogP) is 3.21. The summed E-state index contributed by atoms with van der Waals surface area (Å²) in [4.78, 5) is 15.6. The van der Waals surface area contributed by atoms with E-state index in [-0.39, 0.29) is 41.0 Å². The maximum Gasteiger partial charge on any atom is 0.204 e. The first-order valence-electron chi connectivity index (χ1n) is 6.97. The van der Waals surface area contributed by atoms with Crippen LogP contribution in [0.25, 0.3) is 4.85 Å². The van der Waals surface area contributed by atoms with Crippen LogP contribution in [-0.4, -0.2) is 5.78 Å². The van der Waals surface area contributed by atoms with Crippen molar-refractivity contribution >= 4 is 11.5 Å². The minimum atomic E-state index is -0.194. The zero-order valence-electron chi connectivity index (χ0n) is 12.6. The van der Waals surface area contributed by atoms with Crippen LogP contribution in [0.4, 0.5) is 5.69 Å². The molecule has 0 fully saturated rings. The lowest BCUT2D eigenvalue weighted by Gasteiger charge is -2.07. The Morgan fingerprint density at radius 1 is 0.917 bits per heavy atom. The highest BCUT2D eigenvalue weighted by atomic mass is 16.1. The molecule has 2 aromatic carbocycles. The highest BCUT2D eigenvalue weighted by Gasteiger charge is 2.15. The number of benzene rings is 2. The SMILES string of the molecule is [C-]#[N+]c1cccc(CC(=O)Cc2cccc(C#N)c2C#N)c1C#N. The monoisotopic (exact) mass is 310 g/mol. The molecule has 0 atom stereocenters. The van der Waals surface area contributed by atoms with Crippen LogP contribution >= 0.6 is 0 Å². The molecule has 0 spiro atoms. The van der Waals surface area contributed by atoms with Gasteiger partial charge in [0.1, 0.15) is 17.9 Å². The average molecular weight is 310 g/mol. The second-order valence-corrected chi connectivity index (χ2v) is 4.99. The molecule has 0 heterocycles. The zero-order chi connectivity index (χ0) is 17.5. The van der Waals surface area contributed by atoms with Gasteiger partial charge in [0.15, 0.2) is 0 Å². The topological polar surface area (TPSA) is 92.8 Å². The van der Waals surface area contributed by atoms with Gasteiger partial charge >= 0.3 is 0 Å². The van der Waals surface area contributed by atoms with E-state index in [9.17, 15) is 15.3 Å². The molecule has 0 bridgehead atoms. The molecule has 2 rings (SSSR count). The smallest absolute Gasteiger partial charge is 0.204 e. The number of rotatable bonds is 4. The fourth-order valence-electron chi connectivity index (χ4n) is 2.42. The molecule has 0 aliphatic rings. The maximum absolute atomic E-state index is 12.3. The van der Waals surface area contributed by atoms with Crippen LogP contribution in [0.3, 0.4) is 0 Å². The summed E-state index contributed by atoms with van der Waals surface area (Å²) in [5.41, 5.74) is 1.82. The number of carbonyl (C=O) groups excluding carboxylic acids is 1. The van der Waals surface area contributed by atoms with Crippen molar-refractivity contribution in [3.8, 4) is 18.2 Å². The summed E-state index contributed by atoms with van der Waals surface area (Å²) < 4.78 is 0. The first kappa shape index (κ1) is 16.4. The number of carbonyl (C=O) groups is 1. The van der Waals surface area contributed by atoms with E-state index in [1.165, 1.54) is 12.1 Å². The van der Waals surface area contributed by atoms with E-state index < -0.39 is 0 Å². The fraction of sp³-hybridized carbons (Fsp3) is 0.105. The van der Waals surface area contributed by atoms with Crippen molar-refractivity contribution in [2.45, 2.75) is 12.8 Å². The van der Waals surface area contributed by atoms with Crippen molar-refractivity contribution in [1.82, 2.24) is 0 Å². The first-order chi connectivity index (χ1) is 11.6. The average Bonchev–Trinajstić information content (AvgIpc) is 2.60. The molecule has 0 aliphatic heterocycles. The van der Waals surface area contributed by atoms with E-state index in [4.69, 9.17) is 11.8 Å². The van der Waals surface area contributed by atoms with Crippen LogP contribution in [0.5, 0.6) is 0 Å². The largest absolute Gasteiger partial charge is 0.299 e. The second kappa shape index (κ2) is 7.37. The summed E-state index contributed by atoms with van der Waals surface area (Å²) in [5.74, 6) is -0.194. The van der Waals surface area contributed by atoms with Gasteiger partial charge < -0.3 is 0 Å². The molecule has 0 N–H and O–H groups in total. The zero-order valence-corrected chi connectivity index (χ0v) is 12.6. The summed E-state index contributed by atoms with van der Waals surface area (Å²) in [6.45, 7) is 7.07. The molecular formula is C19H10N4O. The first-order valence-corrected chi connectivity index (χ1v) is 6.97. The van der Waals surface area contributed by atoms with Gasteiger partial charge in [0.2, 0.25) is 5.69 Å². The summed E-state index contributed by atoms with van der Waals surface area (Å²) in [5, 5.41) is 27.4. The summed E-state index contributed by atoms with van der Waals surface area (Å²) >= 11 is 0. The summed E-state index contributed by atoms with van der Waals surface area (Å²) in [6, 6.07) is 15.5. The van der Waals surface area contributed by atoms with E-state index in [0.717, 1.165) is 0 Å². The Morgan fingerprint density at radius 3 is 2.04 bits per heavy atom. The number of hydrogen-bond acceptors (Lipinski definition) is 4. The van der Waals surface area contributed by atoms with Gasteiger partial charge in [-0.15, -0.1) is 0 Å². The lowest BCUT2D eigenvalue weighted by atomic mass is 9.95. The Hall–Kier alpha value is -3.93. The molecule has 0 saturated heterocycles. The van der Waals surface area contributed by atoms with Crippen molar-refractivity contribution in [1.29, 1.82) is 15.8 Å². The van der Waals surface area contributed by atoms with Crippen molar-refractivity contribution in [3.63, 3.8) is 0 Å². The highest BCUT2D eigenvalue weighted by Crippen LogP contribution is 2.23. The van der Waals surface area contributed by atoms with Gasteiger partial charge in [-0.05, 0) is 17.2 Å².